The molecule has 2 fully saturated rings. The van der Waals surface area contributed by atoms with E-state index >= 15 is 0 Å². The van der Waals surface area contributed by atoms with E-state index in [9.17, 15) is 4.79 Å². The molecule has 13 nitrogen and oxygen atoms in total. The number of hydrogen-bond acceptors (Lipinski definition) is 12. The Morgan fingerprint density at radius 2 is 1.72 bits per heavy atom. The number of thiophene rings is 1. The molecule has 3 aliphatic rings. The summed E-state index contributed by atoms with van der Waals surface area (Å²) in [4.78, 5) is 34.8. The smallest absolute Gasteiger partial charge is 0.246 e. The fraction of sp³-hybridized carbons (Fsp3) is 0.326. The van der Waals surface area contributed by atoms with Gasteiger partial charge in [-0.1, -0.05) is 18.7 Å². The summed E-state index contributed by atoms with van der Waals surface area (Å²) in [5, 5.41) is 6.84. The second-order valence-electron chi connectivity index (χ2n) is 15.6. The summed E-state index contributed by atoms with van der Waals surface area (Å²) in [6, 6.07) is 11.6. The number of nitrogen functional groups attached to an aromatic ring is 2. The third-order valence-electron chi connectivity index (χ3n) is 12.1. The van der Waals surface area contributed by atoms with Crippen LogP contribution in [0, 0.1) is 6.92 Å². The van der Waals surface area contributed by atoms with Gasteiger partial charge in [-0.15, -0.1) is 23.1 Å². The number of aryl methyl sites for hydroxylation is 1. The van der Waals surface area contributed by atoms with Crippen LogP contribution in [0.25, 0.3) is 42.6 Å². The van der Waals surface area contributed by atoms with E-state index in [4.69, 9.17) is 30.9 Å². The molecule has 0 saturated carbocycles. The number of fused-ring (bicyclic) bond motifs is 4. The fourth-order valence-corrected chi connectivity index (χ4v) is 11.9. The Morgan fingerprint density at radius 3 is 2.50 bits per heavy atom. The number of likely N-dealkylation sites (tertiary alicyclic amines) is 1. The Balaban J connectivity index is 0.906. The number of carbonyl (C=O) groups excluding carboxylic acids is 1. The van der Waals surface area contributed by atoms with Crippen LogP contribution in [0.5, 0.6) is 11.5 Å². The molecule has 296 valence electrons. The Labute approximate surface area is 343 Å². The van der Waals surface area contributed by atoms with Crippen molar-refractivity contribution in [3.63, 3.8) is 0 Å². The number of methoxy groups -OCH3 is 2. The highest BCUT2D eigenvalue weighted by molar-refractivity contribution is 8.00. The monoisotopic (exact) mass is 812 g/mol. The minimum absolute atomic E-state index is 0.0480. The topological polar surface area (TPSA) is 164 Å². The van der Waals surface area contributed by atoms with Crippen molar-refractivity contribution < 1.29 is 14.3 Å². The Hall–Kier alpha value is -5.64. The van der Waals surface area contributed by atoms with Gasteiger partial charge >= 0.3 is 0 Å². The highest BCUT2D eigenvalue weighted by Gasteiger charge is 2.35. The van der Waals surface area contributed by atoms with Gasteiger partial charge in [-0.05, 0) is 84.5 Å². The summed E-state index contributed by atoms with van der Waals surface area (Å²) in [5.41, 5.74) is 20.6. The van der Waals surface area contributed by atoms with Crippen LogP contribution in [0.1, 0.15) is 52.4 Å². The van der Waals surface area contributed by atoms with Gasteiger partial charge in [0.1, 0.15) is 47.1 Å². The normalized spacial score (nSPS) is 20.4. The first-order chi connectivity index (χ1) is 28.2. The number of aromatic nitrogens is 6. The number of thioether (sulfide) groups is 1. The molecule has 2 saturated heterocycles. The second kappa shape index (κ2) is 14.3. The fourth-order valence-electron chi connectivity index (χ4n) is 9.37. The largest absolute Gasteiger partial charge is 0.496 e. The predicted octanol–water partition coefficient (Wildman–Crippen LogP) is 7.04. The average molecular weight is 813 g/mol. The minimum Gasteiger partial charge on any atom is -0.496 e. The lowest BCUT2D eigenvalue weighted by Crippen LogP contribution is -2.27. The van der Waals surface area contributed by atoms with Crippen molar-refractivity contribution in [2.75, 3.05) is 45.3 Å². The van der Waals surface area contributed by atoms with E-state index in [1.165, 1.54) is 23.5 Å². The van der Waals surface area contributed by atoms with Crippen molar-refractivity contribution in [1.29, 1.82) is 0 Å². The number of benzene rings is 2. The average Bonchev–Trinajstić information content (AvgIpc) is 4.08. The van der Waals surface area contributed by atoms with Crippen molar-refractivity contribution in [3.05, 3.63) is 90.3 Å². The number of carbonyl (C=O) groups is 1. The highest BCUT2D eigenvalue weighted by Crippen LogP contribution is 2.53. The molecule has 0 aliphatic carbocycles. The van der Waals surface area contributed by atoms with Crippen LogP contribution in [0.2, 0.25) is 0 Å². The predicted molar refractivity (Wildman–Crippen MR) is 231 cm³/mol. The van der Waals surface area contributed by atoms with Crippen LogP contribution in [0.15, 0.2) is 72.9 Å². The zero-order valence-corrected chi connectivity index (χ0v) is 34.2. The molecule has 4 atom stereocenters. The quantitative estimate of drug-likeness (QED) is 0.128. The van der Waals surface area contributed by atoms with Gasteiger partial charge < -0.3 is 40.3 Å². The minimum atomic E-state index is -0.0480. The number of hydrogen-bond donors (Lipinski definition) is 3. The molecule has 10 rings (SSSR count). The van der Waals surface area contributed by atoms with Crippen LogP contribution in [0.4, 0.5) is 11.6 Å². The lowest BCUT2D eigenvalue weighted by atomic mass is 9.98. The van der Waals surface area contributed by atoms with E-state index in [-0.39, 0.29) is 29.3 Å². The molecular weight excluding hydrogens is 769 g/mol. The number of nitrogens with one attached hydrogen (secondary N) is 1. The molecular formula is C43H44N10O3S2. The summed E-state index contributed by atoms with van der Waals surface area (Å²) in [5.74, 6) is 2.67. The second-order valence-corrected chi connectivity index (χ2v) is 17.8. The summed E-state index contributed by atoms with van der Waals surface area (Å²) >= 11 is 3.52. The lowest BCUT2D eigenvalue weighted by Gasteiger charge is -2.16. The zero-order chi connectivity index (χ0) is 39.8. The molecule has 5 N–H and O–H groups in total. The summed E-state index contributed by atoms with van der Waals surface area (Å²) < 4.78 is 17.4. The van der Waals surface area contributed by atoms with E-state index < -0.39 is 0 Å². The van der Waals surface area contributed by atoms with Crippen LogP contribution in [-0.4, -0.2) is 79.8 Å². The lowest BCUT2D eigenvalue weighted by molar-refractivity contribution is -0.125. The van der Waals surface area contributed by atoms with E-state index in [0.717, 1.165) is 102 Å². The first-order valence-electron chi connectivity index (χ1n) is 19.5. The molecule has 7 aromatic rings. The van der Waals surface area contributed by atoms with Crippen LogP contribution >= 0.6 is 23.1 Å². The number of nitrogens with zero attached hydrogens (tertiary/aromatic N) is 7. The number of anilines is 2. The van der Waals surface area contributed by atoms with Gasteiger partial charge in [-0.25, -0.2) is 19.9 Å². The van der Waals surface area contributed by atoms with Crippen LogP contribution < -0.4 is 26.3 Å². The standard InChI is InChI=1S/C43H44N10O3S2/c1-5-35(54)51-7-6-27(17-51)52-18-29(36-40(44)47-20-49-42(36)52)34-14-25-10-23(12-32(56-4)39(25)58-34)11-26-15-28(16-46-26)53-19-30(37-41(45)48-21-50-43(37)53)33-13-24-8-22(2)9-31(55-3)38(24)57-33/h5,8-10,12-13,18-21,26-28,34,46H,1,6-7,11,14-17H2,2-4H3,(H2,44,47,49)(H2,45,48,50). The highest BCUT2D eigenvalue weighted by atomic mass is 32.2. The van der Waals surface area contributed by atoms with Gasteiger partial charge in [0.25, 0.3) is 0 Å². The molecule has 15 heteroatoms. The van der Waals surface area contributed by atoms with Crippen LogP contribution in [-0.2, 0) is 17.6 Å². The molecule has 5 aromatic heterocycles. The van der Waals surface area contributed by atoms with E-state index in [2.05, 4.69) is 80.6 Å². The Morgan fingerprint density at radius 1 is 0.966 bits per heavy atom. The molecule has 0 bridgehead atoms. The van der Waals surface area contributed by atoms with Gasteiger partial charge in [0.2, 0.25) is 5.91 Å². The maximum atomic E-state index is 12.4. The van der Waals surface area contributed by atoms with Crippen molar-refractivity contribution in [1.82, 2.24) is 39.3 Å². The first-order valence-corrected chi connectivity index (χ1v) is 21.2. The van der Waals surface area contributed by atoms with Gasteiger partial charge in [0, 0.05) is 59.8 Å². The maximum absolute atomic E-state index is 12.4. The SMILES string of the molecule is C=CC(=O)N1CCC(n2cc(C3Cc4cc(CC5CC(n6cc(-c7cc8cc(C)cc(OC)c8s7)c7c(N)ncnc76)CN5)cc(OC)c4S3)c3c(N)ncnc32)C1. The third-order valence-corrected chi connectivity index (χ3v) is 14.7. The molecule has 1 amide bonds. The summed E-state index contributed by atoms with van der Waals surface area (Å²) in [7, 11) is 3.47. The van der Waals surface area contributed by atoms with Gasteiger partial charge in [-0.2, -0.15) is 0 Å². The summed E-state index contributed by atoms with van der Waals surface area (Å²) in [6.07, 6.45) is 12.3. The molecule has 0 radical (unpaired) electrons. The molecule has 4 unspecified atom stereocenters. The van der Waals surface area contributed by atoms with E-state index in [1.54, 1.807) is 31.9 Å². The molecule has 2 aromatic carbocycles. The van der Waals surface area contributed by atoms with Gasteiger partial charge in [0.05, 0.1) is 40.6 Å². The number of amides is 1. The van der Waals surface area contributed by atoms with E-state index in [0.29, 0.717) is 24.7 Å². The number of nitrogens with two attached hydrogens (primary N) is 2. The van der Waals surface area contributed by atoms with Crippen molar-refractivity contribution >= 4 is 72.8 Å². The van der Waals surface area contributed by atoms with Gasteiger partial charge in [-0.3, -0.25) is 4.79 Å². The summed E-state index contributed by atoms with van der Waals surface area (Å²) in [6.45, 7) is 7.86. The molecule has 0 spiro atoms. The number of rotatable bonds is 9. The Bertz CT molecular complexity index is 2790. The van der Waals surface area contributed by atoms with Crippen molar-refractivity contribution in [2.24, 2.45) is 0 Å². The van der Waals surface area contributed by atoms with Gasteiger partial charge in [0.15, 0.2) is 0 Å². The van der Waals surface area contributed by atoms with Crippen LogP contribution in [0.3, 0.4) is 0 Å². The van der Waals surface area contributed by atoms with Crippen molar-refractivity contribution in [3.8, 4) is 21.9 Å². The van der Waals surface area contributed by atoms with Crippen molar-refractivity contribution in [2.45, 2.75) is 60.9 Å². The van der Waals surface area contributed by atoms with E-state index in [1.807, 2.05) is 16.7 Å². The third kappa shape index (κ3) is 6.05. The maximum Gasteiger partial charge on any atom is 0.246 e. The first kappa shape index (κ1) is 36.7. The molecule has 3 aliphatic heterocycles. The Kier molecular flexibility index (Phi) is 9.06. The zero-order valence-electron chi connectivity index (χ0n) is 32.6. The molecule has 8 heterocycles. The number of ether oxygens (including phenoxy) is 2. The molecule has 58 heavy (non-hydrogen) atoms.